The summed E-state index contributed by atoms with van der Waals surface area (Å²) < 4.78 is 23.1. The lowest BCUT2D eigenvalue weighted by atomic mass is 10.3. The van der Waals surface area contributed by atoms with Crippen LogP contribution >= 0.6 is 0 Å². The van der Waals surface area contributed by atoms with Crippen LogP contribution in [-0.4, -0.2) is 17.5 Å². The van der Waals surface area contributed by atoms with Crippen molar-refractivity contribution in [3.8, 4) is 5.75 Å². The number of aromatic nitrogens is 1. The van der Waals surface area contributed by atoms with Crippen LogP contribution < -0.4 is 10.1 Å². The smallest absolute Gasteiger partial charge is 0.258 e. The Kier molecular flexibility index (Phi) is 4.12. The fourth-order valence-electron chi connectivity index (χ4n) is 1.43. The Morgan fingerprint density at radius 1 is 1.53 bits per heavy atom. The molecule has 5 nitrogen and oxygen atoms in total. The SMILES string of the molecule is Cc1ncoc1CNC(=O)COc1cccc(F)c1. The van der Waals surface area contributed by atoms with Gasteiger partial charge in [0, 0.05) is 6.07 Å². The van der Waals surface area contributed by atoms with Crippen LogP contribution in [0.3, 0.4) is 0 Å². The Balaban J connectivity index is 1.77. The second-order valence-electron chi connectivity index (χ2n) is 3.88. The zero-order valence-corrected chi connectivity index (χ0v) is 10.4. The van der Waals surface area contributed by atoms with E-state index in [0.29, 0.717) is 11.5 Å². The minimum atomic E-state index is -0.407. The number of hydrogen-bond acceptors (Lipinski definition) is 4. The van der Waals surface area contributed by atoms with Crippen molar-refractivity contribution in [1.29, 1.82) is 0 Å². The maximum Gasteiger partial charge on any atom is 0.258 e. The van der Waals surface area contributed by atoms with E-state index in [0.717, 1.165) is 5.69 Å². The van der Waals surface area contributed by atoms with Gasteiger partial charge in [-0.2, -0.15) is 0 Å². The Bertz CT molecular complexity index is 569. The average molecular weight is 264 g/mol. The van der Waals surface area contributed by atoms with Crippen molar-refractivity contribution in [3.63, 3.8) is 0 Å². The predicted octanol–water partition coefficient (Wildman–Crippen LogP) is 1.82. The minimum Gasteiger partial charge on any atom is -0.484 e. The van der Waals surface area contributed by atoms with Gasteiger partial charge in [0.15, 0.2) is 13.0 Å². The van der Waals surface area contributed by atoms with Crippen LogP contribution in [0.1, 0.15) is 11.5 Å². The van der Waals surface area contributed by atoms with E-state index in [9.17, 15) is 9.18 Å². The van der Waals surface area contributed by atoms with Gasteiger partial charge in [-0.1, -0.05) is 6.07 Å². The summed E-state index contributed by atoms with van der Waals surface area (Å²) in [6.45, 7) is 1.85. The number of rotatable bonds is 5. The number of halogens is 1. The molecule has 1 N–H and O–H groups in total. The Morgan fingerprint density at radius 3 is 3.05 bits per heavy atom. The van der Waals surface area contributed by atoms with E-state index in [1.54, 1.807) is 13.0 Å². The van der Waals surface area contributed by atoms with Crippen molar-refractivity contribution >= 4 is 5.91 Å². The van der Waals surface area contributed by atoms with Crippen LogP contribution in [0.4, 0.5) is 4.39 Å². The van der Waals surface area contributed by atoms with E-state index >= 15 is 0 Å². The van der Waals surface area contributed by atoms with Crippen LogP contribution in [0.5, 0.6) is 5.75 Å². The number of oxazole rings is 1. The van der Waals surface area contributed by atoms with Crippen molar-refractivity contribution in [3.05, 3.63) is 47.9 Å². The third-order valence-electron chi connectivity index (χ3n) is 2.46. The molecule has 1 heterocycles. The summed E-state index contributed by atoms with van der Waals surface area (Å²) in [7, 11) is 0. The molecule has 0 saturated carbocycles. The fourth-order valence-corrected chi connectivity index (χ4v) is 1.43. The molecule has 1 amide bonds. The Morgan fingerprint density at radius 2 is 2.37 bits per heavy atom. The Hall–Kier alpha value is -2.37. The number of nitrogens with zero attached hydrogens (tertiary/aromatic N) is 1. The van der Waals surface area contributed by atoms with Gasteiger partial charge in [-0.3, -0.25) is 4.79 Å². The lowest BCUT2D eigenvalue weighted by molar-refractivity contribution is -0.123. The molecule has 100 valence electrons. The van der Waals surface area contributed by atoms with Gasteiger partial charge in [-0.15, -0.1) is 0 Å². The molecule has 1 aromatic carbocycles. The number of hydrogen-bond donors (Lipinski definition) is 1. The van der Waals surface area contributed by atoms with Gasteiger partial charge in [-0.05, 0) is 19.1 Å². The van der Waals surface area contributed by atoms with E-state index in [2.05, 4.69) is 10.3 Å². The van der Waals surface area contributed by atoms with E-state index in [4.69, 9.17) is 9.15 Å². The molecule has 0 bridgehead atoms. The zero-order chi connectivity index (χ0) is 13.7. The van der Waals surface area contributed by atoms with Crippen LogP contribution in [0, 0.1) is 12.7 Å². The molecular weight excluding hydrogens is 251 g/mol. The zero-order valence-electron chi connectivity index (χ0n) is 10.4. The molecule has 0 aliphatic rings. The van der Waals surface area contributed by atoms with Gasteiger partial charge in [0.1, 0.15) is 17.3 Å². The number of amides is 1. The molecule has 0 spiro atoms. The maximum absolute atomic E-state index is 12.9. The quantitative estimate of drug-likeness (QED) is 0.894. The van der Waals surface area contributed by atoms with Crippen LogP contribution in [0.15, 0.2) is 35.1 Å². The van der Waals surface area contributed by atoms with Crippen LogP contribution in [0.2, 0.25) is 0 Å². The summed E-state index contributed by atoms with van der Waals surface area (Å²) in [5, 5.41) is 2.62. The van der Waals surface area contributed by atoms with Crippen molar-refractivity contribution in [2.45, 2.75) is 13.5 Å². The summed E-state index contributed by atoms with van der Waals surface area (Å²) in [6, 6.07) is 5.62. The fraction of sp³-hybridized carbons (Fsp3) is 0.231. The molecule has 0 fully saturated rings. The number of nitrogens with one attached hydrogen (secondary N) is 1. The highest BCUT2D eigenvalue weighted by molar-refractivity contribution is 5.77. The van der Waals surface area contributed by atoms with Crippen molar-refractivity contribution < 1.29 is 18.3 Å². The standard InChI is InChI=1S/C13H13FN2O3/c1-9-12(19-8-16-9)6-15-13(17)7-18-11-4-2-3-10(14)5-11/h2-5,8H,6-7H2,1H3,(H,15,17). The second kappa shape index (κ2) is 5.99. The van der Waals surface area contributed by atoms with Crippen molar-refractivity contribution in [1.82, 2.24) is 10.3 Å². The molecule has 6 heteroatoms. The first-order valence-corrected chi connectivity index (χ1v) is 5.69. The third-order valence-corrected chi connectivity index (χ3v) is 2.46. The van der Waals surface area contributed by atoms with E-state index in [1.807, 2.05) is 0 Å². The molecule has 0 unspecified atom stereocenters. The van der Waals surface area contributed by atoms with Gasteiger partial charge < -0.3 is 14.5 Å². The van der Waals surface area contributed by atoms with Crippen molar-refractivity contribution in [2.75, 3.05) is 6.61 Å². The number of aryl methyl sites for hydroxylation is 1. The van der Waals surface area contributed by atoms with E-state index in [1.165, 1.54) is 24.6 Å². The normalized spacial score (nSPS) is 10.2. The van der Waals surface area contributed by atoms with Gasteiger partial charge in [0.25, 0.3) is 5.91 Å². The van der Waals surface area contributed by atoms with Gasteiger partial charge in [-0.25, -0.2) is 9.37 Å². The number of carbonyl (C=O) groups is 1. The molecule has 2 rings (SSSR count). The Labute approximate surface area is 109 Å². The van der Waals surface area contributed by atoms with Crippen molar-refractivity contribution in [2.24, 2.45) is 0 Å². The largest absolute Gasteiger partial charge is 0.484 e. The highest BCUT2D eigenvalue weighted by Gasteiger charge is 2.07. The average Bonchev–Trinajstić information content (AvgIpc) is 2.80. The summed E-state index contributed by atoms with van der Waals surface area (Å²) >= 11 is 0. The lowest BCUT2D eigenvalue weighted by Gasteiger charge is -2.06. The molecule has 0 saturated heterocycles. The highest BCUT2D eigenvalue weighted by Crippen LogP contribution is 2.11. The number of ether oxygens (including phenoxy) is 1. The second-order valence-corrected chi connectivity index (χ2v) is 3.88. The molecule has 2 aromatic rings. The molecule has 0 aliphatic carbocycles. The van der Waals surface area contributed by atoms with Crippen LogP contribution in [-0.2, 0) is 11.3 Å². The van der Waals surface area contributed by atoms with Gasteiger partial charge in [0.2, 0.25) is 0 Å². The monoisotopic (exact) mass is 264 g/mol. The molecule has 1 aromatic heterocycles. The summed E-state index contributed by atoms with van der Waals surface area (Å²) in [4.78, 5) is 15.4. The summed E-state index contributed by atoms with van der Waals surface area (Å²) in [5.74, 6) is 0.181. The molecule has 0 atom stereocenters. The van der Waals surface area contributed by atoms with E-state index in [-0.39, 0.29) is 19.1 Å². The molecule has 19 heavy (non-hydrogen) atoms. The highest BCUT2D eigenvalue weighted by atomic mass is 19.1. The molecule has 0 radical (unpaired) electrons. The number of carbonyl (C=O) groups excluding carboxylic acids is 1. The summed E-state index contributed by atoms with van der Waals surface area (Å²) in [6.07, 6.45) is 1.32. The number of benzene rings is 1. The topological polar surface area (TPSA) is 64.4 Å². The van der Waals surface area contributed by atoms with Crippen LogP contribution in [0.25, 0.3) is 0 Å². The van der Waals surface area contributed by atoms with E-state index < -0.39 is 5.82 Å². The molecular formula is C13H13FN2O3. The first-order valence-electron chi connectivity index (χ1n) is 5.69. The first-order chi connectivity index (χ1) is 9.15. The summed E-state index contributed by atoms with van der Waals surface area (Å²) in [5.41, 5.74) is 0.728. The first kappa shape index (κ1) is 13.1. The third kappa shape index (κ3) is 3.80. The van der Waals surface area contributed by atoms with Gasteiger partial charge >= 0.3 is 0 Å². The molecule has 0 aliphatic heterocycles. The lowest BCUT2D eigenvalue weighted by Crippen LogP contribution is -2.28. The minimum absolute atomic E-state index is 0.184. The predicted molar refractivity (Wildman–Crippen MR) is 65.0 cm³/mol. The van der Waals surface area contributed by atoms with Gasteiger partial charge in [0.05, 0.1) is 12.2 Å². The maximum atomic E-state index is 12.9.